The van der Waals surface area contributed by atoms with E-state index in [1.807, 2.05) is 0 Å². The lowest BCUT2D eigenvalue weighted by Crippen LogP contribution is -2.46. The van der Waals surface area contributed by atoms with E-state index in [1.54, 1.807) is 31.2 Å². The molecule has 5 rings (SSSR count). The van der Waals surface area contributed by atoms with E-state index >= 15 is 0 Å². The zero-order valence-electron chi connectivity index (χ0n) is 18.4. The fourth-order valence-electron chi connectivity index (χ4n) is 4.48. The number of sulfonamides is 1. The molecule has 178 valence electrons. The van der Waals surface area contributed by atoms with Gasteiger partial charge in [-0.15, -0.1) is 0 Å². The Morgan fingerprint density at radius 1 is 1.15 bits per heavy atom. The fourth-order valence-corrected chi connectivity index (χ4v) is 5.60. The number of nitrogens with one attached hydrogen (secondary N) is 3. The summed E-state index contributed by atoms with van der Waals surface area (Å²) in [6.07, 6.45) is 2.27. The maximum absolute atomic E-state index is 14.6. The van der Waals surface area contributed by atoms with Crippen LogP contribution in [0.2, 0.25) is 0 Å². The number of amides is 4. The number of benzene rings is 2. The lowest BCUT2D eigenvalue weighted by Gasteiger charge is -2.21. The van der Waals surface area contributed by atoms with E-state index in [4.69, 9.17) is 0 Å². The molecule has 11 heteroatoms. The number of imide groups is 1. The minimum Gasteiger partial charge on any atom is -0.326 e. The molecular weight excluding hydrogens is 463 g/mol. The van der Waals surface area contributed by atoms with Crippen molar-refractivity contribution in [3.05, 3.63) is 53.3 Å². The monoisotopic (exact) mass is 486 g/mol. The third-order valence-electron chi connectivity index (χ3n) is 6.59. The van der Waals surface area contributed by atoms with Crippen LogP contribution in [-0.2, 0) is 32.6 Å². The number of urea groups is 1. The van der Waals surface area contributed by atoms with Crippen molar-refractivity contribution in [1.29, 1.82) is 0 Å². The zero-order chi connectivity index (χ0) is 24.3. The Morgan fingerprint density at radius 2 is 1.91 bits per heavy atom. The lowest BCUT2D eigenvalue weighted by atomic mass is 9.96. The summed E-state index contributed by atoms with van der Waals surface area (Å²) in [5, 5.41) is 5.31. The Morgan fingerprint density at radius 3 is 2.65 bits per heavy atom. The van der Waals surface area contributed by atoms with Crippen molar-refractivity contribution in [3.8, 4) is 0 Å². The molecule has 0 spiro atoms. The SMILES string of the molecule is CC1(C2CC2)NC(=O)N(c2cccc(CNS(=O)(=O)c3cc4c(cc3F)NC(=O)CC4)c2)C1=O. The molecular formula is C23H23FN4O5S. The van der Waals surface area contributed by atoms with Gasteiger partial charge in [0.05, 0.1) is 5.69 Å². The van der Waals surface area contributed by atoms with Crippen LogP contribution in [0.25, 0.3) is 0 Å². The summed E-state index contributed by atoms with van der Waals surface area (Å²) < 4.78 is 42.6. The van der Waals surface area contributed by atoms with Crippen LogP contribution in [0.15, 0.2) is 41.3 Å². The Kier molecular flexibility index (Phi) is 5.21. The second-order valence-electron chi connectivity index (χ2n) is 9.03. The predicted octanol–water partition coefficient (Wildman–Crippen LogP) is 2.41. The molecule has 1 saturated heterocycles. The molecule has 1 unspecified atom stereocenters. The van der Waals surface area contributed by atoms with Crippen LogP contribution in [0, 0.1) is 11.7 Å². The van der Waals surface area contributed by atoms with Gasteiger partial charge >= 0.3 is 6.03 Å². The summed E-state index contributed by atoms with van der Waals surface area (Å²) in [7, 11) is -4.21. The molecule has 2 aromatic carbocycles. The second kappa shape index (κ2) is 7.88. The Balaban J connectivity index is 1.34. The van der Waals surface area contributed by atoms with Gasteiger partial charge in [0.1, 0.15) is 16.3 Å². The van der Waals surface area contributed by atoms with Gasteiger partial charge in [-0.05, 0) is 67.5 Å². The second-order valence-corrected chi connectivity index (χ2v) is 10.8. The molecule has 3 aliphatic rings. The quantitative estimate of drug-likeness (QED) is 0.541. The Hall–Kier alpha value is -3.31. The highest BCUT2D eigenvalue weighted by atomic mass is 32.2. The number of anilines is 2. The number of hydrogen-bond acceptors (Lipinski definition) is 5. The number of carbonyl (C=O) groups excluding carboxylic acids is 3. The highest BCUT2D eigenvalue weighted by molar-refractivity contribution is 7.89. The molecule has 3 N–H and O–H groups in total. The van der Waals surface area contributed by atoms with Crippen LogP contribution >= 0.6 is 0 Å². The maximum Gasteiger partial charge on any atom is 0.329 e. The van der Waals surface area contributed by atoms with Gasteiger partial charge in [0.25, 0.3) is 5.91 Å². The number of hydrogen-bond donors (Lipinski definition) is 3. The first-order chi connectivity index (χ1) is 16.1. The largest absolute Gasteiger partial charge is 0.329 e. The van der Waals surface area contributed by atoms with Crippen LogP contribution in [0.4, 0.5) is 20.6 Å². The van der Waals surface area contributed by atoms with Crippen molar-refractivity contribution in [3.63, 3.8) is 0 Å². The van der Waals surface area contributed by atoms with Crippen molar-refractivity contribution in [2.75, 3.05) is 10.2 Å². The predicted molar refractivity (Wildman–Crippen MR) is 121 cm³/mol. The zero-order valence-corrected chi connectivity index (χ0v) is 19.2. The molecule has 2 aromatic rings. The topological polar surface area (TPSA) is 125 Å². The van der Waals surface area contributed by atoms with Crippen LogP contribution in [0.1, 0.15) is 37.3 Å². The molecule has 2 heterocycles. The van der Waals surface area contributed by atoms with E-state index in [9.17, 15) is 27.2 Å². The Bertz CT molecular complexity index is 1340. The third kappa shape index (κ3) is 3.84. The average Bonchev–Trinajstić information content (AvgIpc) is 3.60. The van der Waals surface area contributed by atoms with E-state index in [0.29, 0.717) is 23.2 Å². The molecule has 0 bridgehead atoms. The van der Waals surface area contributed by atoms with Gasteiger partial charge in [-0.25, -0.2) is 27.2 Å². The summed E-state index contributed by atoms with van der Waals surface area (Å²) in [4.78, 5) is 37.6. The van der Waals surface area contributed by atoms with Gasteiger partial charge in [0, 0.05) is 18.7 Å². The first-order valence-electron chi connectivity index (χ1n) is 11.0. The van der Waals surface area contributed by atoms with Crippen molar-refractivity contribution in [2.24, 2.45) is 5.92 Å². The third-order valence-corrected chi connectivity index (χ3v) is 8.00. The minimum atomic E-state index is -4.21. The first-order valence-corrected chi connectivity index (χ1v) is 12.4. The van der Waals surface area contributed by atoms with Gasteiger partial charge < -0.3 is 10.6 Å². The summed E-state index contributed by atoms with van der Waals surface area (Å²) in [6.45, 7) is 1.55. The van der Waals surface area contributed by atoms with Crippen molar-refractivity contribution in [1.82, 2.24) is 10.0 Å². The van der Waals surface area contributed by atoms with Crippen molar-refractivity contribution in [2.45, 2.75) is 49.6 Å². The molecule has 0 aromatic heterocycles. The molecule has 9 nitrogen and oxygen atoms in total. The lowest BCUT2D eigenvalue weighted by molar-refractivity contribution is -0.122. The van der Waals surface area contributed by atoms with Gasteiger partial charge in [0.2, 0.25) is 15.9 Å². The molecule has 1 atom stereocenters. The Labute approximate surface area is 195 Å². The van der Waals surface area contributed by atoms with E-state index in [1.165, 1.54) is 6.07 Å². The first kappa shape index (κ1) is 22.5. The van der Waals surface area contributed by atoms with Gasteiger partial charge in [0.15, 0.2) is 0 Å². The number of rotatable bonds is 6. The summed E-state index contributed by atoms with van der Waals surface area (Å²) in [5.41, 5.74) is 0.706. The molecule has 1 saturated carbocycles. The molecule has 0 radical (unpaired) electrons. The smallest absolute Gasteiger partial charge is 0.326 e. The molecule has 4 amide bonds. The maximum atomic E-state index is 14.6. The van der Waals surface area contributed by atoms with Crippen LogP contribution in [0.3, 0.4) is 0 Å². The minimum absolute atomic E-state index is 0.115. The molecule has 2 fully saturated rings. The van der Waals surface area contributed by atoms with E-state index in [2.05, 4.69) is 15.4 Å². The van der Waals surface area contributed by atoms with Crippen molar-refractivity contribution >= 4 is 39.2 Å². The molecule has 1 aliphatic carbocycles. The van der Waals surface area contributed by atoms with Crippen LogP contribution in [-0.4, -0.2) is 31.8 Å². The highest BCUT2D eigenvalue weighted by Gasteiger charge is 2.56. The standard InChI is InChI=1S/C23H23FN4O5S/c1-23(15-6-7-15)21(30)28(22(31)27-23)16-4-2-3-13(9-16)12-25-34(32,33)19-10-14-5-8-20(29)26-18(14)11-17(19)24/h2-4,9-11,15,25H,5-8,12H2,1H3,(H,26,29)(H,27,31). The van der Waals surface area contributed by atoms with E-state index in [-0.39, 0.29) is 36.4 Å². The highest BCUT2D eigenvalue weighted by Crippen LogP contribution is 2.43. The van der Waals surface area contributed by atoms with E-state index in [0.717, 1.165) is 23.8 Å². The fraction of sp³-hybridized carbons (Fsp3) is 0.348. The number of carbonyl (C=O) groups is 3. The van der Waals surface area contributed by atoms with Crippen molar-refractivity contribution < 1.29 is 27.2 Å². The normalized spacial score (nSPS) is 22.4. The van der Waals surface area contributed by atoms with Gasteiger partial charge in [-0.1, -0.05) is 12.1 Å². The number of halogens is 1. The van der Waals surface area contributed by atoms with Gasteiger partial charge in [-0.2, -0.15) is 0 Å². The molecule has 2 aliphatic heterocycles. The average molecular weight is 487 g/mol. The number of aryl methyl sites for hydroxylation is 1. The van der Waals surface area contributed by atoms with E-state index < -0.39 is 32.3 Å². The summed E-state index contributed by atoms with van der Waals surface area (Å²) in [6, 6.07) is 8.14. The summed E-state index contributed by atoms with van der Waals surface area (Å²) >= 11 is 0. The number of nitrogens with zero attached hydrogens (tertiary/aromatic N) is 1. The van der Waals surface area contributed by atoms with Crippen LogP contribution in [0.5, 0.6) is 0 Å². The van der Waals surface area contributed by atoms with Crippen LogP contribution < -0.4 is 20.3 Å². The summed E-state index contributed by atoms with van der Waals surface area (Å²) in [5.74, 6) is -1.44. The van der Waals surface area contributed by atoms with Gasteiger partial charge in [-0.3, -0.25) is 9.59 Å². The molecule has 34 heavy (non-hydrogen) atoms. The number of fused-ring (bicyclic) bond motifs is 1.